The van der Waals surface area contributed by atoms with E-state index < -0.39 is 0 Å². The lowest BCUT2D eigenvalue weighted by atomic mass is 10.2. The van der Waals surface area contributed by atoms with Crippen molar-refractivity contribution in [2.75, 3.05) is 0 Å². The van der Waals surface area contributed by atoms with Gasteiger partial charge in [-0.05, 0) is 51.0 Å². The summed E-state index contributed by atoms with van der Waals surface area (Å²) in [5, 5.41) is 0. The topological polar surface area (TPSA) is 9.23 Å². The van der Waals surface area contributed by atoms with Gasteiger partial charge in [0.05, 0.1) is 0 Å². The van der Waals surface area contributed by atoms with Gasteiger partial charge >= 0.3 is 0 Å². The highest BCUT2D eigenvalue weighted by Crippen LogP contribution is 2.12. The van der Waals surface area contributed by atoms with Crippen molar-refractivity contribution in [3.8, 4) is 0 Å². The highest BCUT2D eigenvalue weighted by Gasteiger charge is 1.97. The highest BCUT2D eigenvalue weighted by atomic mass is 16.5. The third kappa shape index (κ3) is 13.6. The Morgan fingerprint density at radius 3 is 1.52 bits per heavy atom. The second-order valence-electron chi connectivity index (χ2n) is 5.38. The van der Waals surface area contributed by atoms with Gasteiger partial charge in [0.15, 0.2) is 0 Å². The van der Waals surface area contributed by atoms with Crippen LogP contribution in [-0.2, 0) is 4.74 Å². The summed E-state index contributed by atoms with van der Waals surface area (Å²) >= 11 is 0. The number of hydrogen-bond donors (Lipinski definition) is 0. The van der Waals surface area contributed by atoms with Crippen molar-refractivity contribution >= 4 is 0 Å². The Hall–Kier alpha value is -1.76. The van der Waals surface area contributed by atoms with Crippen LogP contribution >= 0.6 is 0 Å². The van der Waals surface area contributed by atoms with E-state index in [1.807, 2.05) is 50.3 Å². The van der Waals surface area contributed by atoms with Crippen molar-refractivity contribution in [1.82, 2.24) is 0 Å². The Balaban J connectivity index is 4.96. The molecule has 0 saturated carbocycles. The molecule has 0 aromatic carbocycles. The fraction of sp³-hybridized carbons (Fsp3) is 0.455. The average molecular weight is 315 g/mol. The van der Waals surface area contributed by atoms with Gasteiger partial charge in [0.1, 0.15) is 11.5 Å². The zero-order valence-electron chi connectivity index (χ0n) is 15.4. The lowest BCUT2D eigenvalue weighted by Crippen LogP contribution is -1.89. The quantitative estimate of drug-likeness (QED) is 0.207. The molecule has 0 aromatic heterocycles. The molecule has 0 aliphatic heterocycles. The second kappa shape index (κ2) is 16.6. The first kappa shape index (κ1) is 21.2. The third-order valence-electron chi connectivity index (χ3n) is 3.15. The van der Waals surface area contributed by atoms with Gasteiger partial charge in [0, 0.05) is 0 Å². The van der Waals surface area contributed by atoms with Gasteiger partial charge in [0.25, 0.3) is 0 Å². The fourth-order valence-electron chi connectivity index (χ4n) is 1.81. The molecule has 0 spiro atoms. The van der Waals surface area contributed by atoms with Crippen molar-refractivity contribution in [3.05, 3.63) is 72.3 Å². The minimum absolute atomic E-state index is 0.870. The molecule has 0 fully saturated rings. The van der Waals surface area contributed by atoms with Gasteiger partial charge in [0.2, 0.25) is 0 Å². The van der Waals surface area contributed by atoms with E-state index in [-0.39, 0.29) is 0 Å². The molecule has 128 valence electrons. The molecule has 0 unspecified atom stereocenters. The molecule has 0 amide bonds. The molecule has 0 rings (SSSR count). The van der Waals surface area contributed by atoms with E-state index in [9.17, 15) is 0 Å². The number of allylic oxidation sites excluding steroid dienone is 10. The Kier molecular flexibility index (Phi) is 15.3. The van der Waals surface area contributed by atoms with E-state index in [4.69, 9.17) is 4.74 Å². The molecular weight excluding hydrogens is 280 g/mol. The Labute approximate surface area is 143 Å². The van der Waals surface area contributed by atoms with Gasteiger partial charge < -0.3 is 4.74 Å². The molecular formula is C22H34O. The molecule has 1 heteroatoms. The maximum atomic E-state index is 6.06. The maximum Gasteiger partial charge on any atom is 0.127 e. The SMILES string of the molecule is C/C=C/C=C(\C=C\CCCC)OC(/C=C/CCCC)=C/C=C/C. The average Bonchev–Trinajstić information content (AvgIpc) is 2.57. The number of hydrogen-bond acceptors (Lipinski definition) is 1. The monoisotopic (exact) mass is 314 g/mol. The van der Waals surface area contributed by atoms with Gasteiger partial charge in [-0.3, -0.25) is 0 Å². The minimum atomic E-state index is 0.870. The smallest absolute Gasteiger partial charge is 0.127 e. The summed E-state index contributed by atoms with van der Waals surface area (Å²) in [6.45, 7) is 8.44. The molecule has 23 heavy (non-hydrogen) atoms. The zero-order valence-corrected chi connectivity index (χ0v) is 15.4. The molecule has 0 saturated heterocycles. The molecule has 0 bridgehead atoms. The fourth-order valence-corrected chi connectivity index (χ4v) is 1.81. The molecule has 0 aliphatic rings. The van der Waals surface area contributed by atoms with E-state index in [2.05, 4.69) is 38.2 Å². The number of ether oxygens (including phenoxy) is 1. The van der Waals surface area contributed by atoms with Crippen LogP contribution in [-0.4, -0.2) is 0 Å². The van der Waals surface area contributed by atoms with E-state index in [1.165, 1.54) is 25.7 Å². The summed E-state index contributed by atoms with van der Waals surface area (Å²) in [5.74, 6) is 1.74. The molecule has 0 N–H and O–H groups in total. The van der Waals surface area contributed by atoms with E-state index >= 15 is 0 Å². The molecule has 0 atom stereocenters. The molecule has 0 aromatic rings. The van der Waals surface area contributed by atoms with Crippen LogP contribution in [0.1, 0.15) is 66.2 Å². The summed E-state index contributed by atoms with van der Waals surface area (Å²) in [7, 11) is 0. The van der Waals surface area contributed by atoms with Crippen LogP contribution in [0.25, 0.3) is 0 Å². The zero-order chi connectivity index (χ0) is 17.2. The van der Waals surface area contributed by atoms with E-state index in [0.29, 0.717) is 0 Å². The highest BCUT2D eigenvalue weighted by molar-refractivity contribution is 5.25. The van der Waals surface area contributed by atoms with Gasteiger partial charge in [-0.1, -0.05) is 76.0 Å². The van der Waals surface area contributed by atoms with Crippen molar-refractivity contribution in [2.45, 2.75) is 66.2 Å². The second-order valence-corrected chi connectivity index (χ2v) is 5.38. The molecule has 1 nitrogen and oxygen atoms in total. The first-order chi connectivity index (χ1) is 11.3. The Morgan fingerprint density at radius 1 is 0.739 bits per heavy atom. The van der Waals surface area contributed by atoms with Crippen molar-refractivity contribution in [2.24, 2.45) is 0 Å². The standard InChI is InChI=1S/C22H34O/c1-5-9-13-15-19-21(17-11-7-3)23-22(18-12-8-4)20-16-14-10-6-2/h7-8,11-12,15-20H,5-6,9-10,13-14H2,1-4H3/b11-7+,12-8+,19-15+,20-16+,21-17+,22-18+. The normalized spacial score (nSPS) is 14.1. The predicted molar refractivity (Wildman–Crippen MR) is 104 cm³/mol. The third-order valence-corrected chi connectivity index (χ3v) is 3.15. The van der Waals surface area contributed by atoms with Crippen molar-refractivity contribution in [3.63, 3.8) is 0 Å². The van der Waals surface area contributed by atoms with Crippen LogP contribution in [0, 0.1) is 0 Å². The van der Waals surface area contributed by atoms with Crippen molar-refractivity contribution < 1.29 is 4.74 Å². The van der Waals surface area contributed by atoms with Crippen LogP contribution in [0.2, 0.25) is 0 Å². The van der Waals surface area contributed by atoms with Gasteiger partial charge in [-0.2, -0.15) is 0 Å². The molecule has 0 aliphatic carbocycles. The summed E-state index contributed by atoms with van der Waals surface area (Å²) in [6.07, 6.45) is 27.6. The lowest BCUT2D eigenvalue weighted by molar-refractivity contribution is 0.336. The number of unbranched alkanes of at least 4 members (excludes halogenated alkanes) is 4. The Morgan fingerprint density at radius 2 is 1.17 bits per heavy atom. The summed E-state index contributed by atoms with van der Waals surface area (Å²) < 4.78 is 6.06. The predicted octanol–water partition coefficient (Wildman–Crippen LogP) is 7.42. The first-order valence-corrected chi connectivity index (χ1v) is 8.95. The summed E-state index contributed by atoms with van der Waals surface area (Å²) in [5.41, 5.74) is 0. The van der Waals surface area contributed by atoms with E-state index in [1.54, 1.807) is 0 Å². The maximum absolute atomic E-state index is 6.06. The molecule has 0 radical (unpaired) electrons. The lowest BCUT2D eigenvalue weighted by Gasteiger charge is -2.07. The first-order valence-electron chi connectivity index (χ1n) is 8.95. The van der Waals surface area contributed by atoms with Crippen LogP contribution < -0.4 is 0 Å². The summed E-state index contributed by atoms with van der Waals surface area (Å²) in [6, 6.07) is 0. The largest absolute Gasteiger partial charge is 0.457 e. The summed E-state index contributed by atoms with van der Waals surface area (Å²) in [4.78, 5) is 0. The minimum Gasteiger partial charge on any atom is -0.457 e. The number of rotatable bonds is 12. The molecule has 0 heterocycles. The van der Waals surface area contributed by atoms with Gasteiger partial charge in [-0.25, -0.2) is 0 Å². The van der Waals surface area contributed by atoms with Crippen LogP contribution in [0.3, 0.4) is 0 Å². The van der Waals surface area contributed by atoms with Crippen LogP contribution in [0.15, 0.2) is 72.3 Å². The van der Waals surface area contributed by atoms with Crippen LogP contribution in [0.5, 0.6) is 0 Å². The van der Waals surface area contributed by atoms with Crippen LogP contribution in [0.4, 0.5) is 0 Å². The van der Waals surface area contributed by atoms with Gasteiger partial charge in [-0.15, -0.1) is 0 Å². The van der Waals surface area contributed by atoms with E-state index in [0.717, 1.165) is 24.4 Å². The Bertz CT molecular complexity index is 403. The van der Waals surface area contributed by atoms with Crippen molar-refractivity contribution in [1.29, 1.82) is 0 Å².